The predicted octanol–water partition coefficient (Wildman–Crippen LogP) is 2.80. The number of H-pyrrole nitrogens is 2. The minimum atomic E-state index is -0.548. The number of nitriles is 1. The molecule has 3 aromatic carbocycles. The Bertz CT molecular complexity index is 2090. The standard InChI is InChI=1S/2C11H10N2O3.C10H11NO4.C2H3N/c1-6-12-9-5-7(11(15)16-2)3-4-8(9)10(14)13-6;1-6-12-9-4-7(10(15)5-14)2-3-8(9)11(16)13-6;1-14-9(12)6-3-4-7(8(11)5-6)10(13)15-2;1-2-3/h3-5H,1-2H3,(H,12,13,14);2-4,14H,5H2,1H3,(H,12,13,16);3-5H,11H2,1-2H3;1H3. The summed E-state index contributed by atoms with van der Waals surface area (Å²) in [6.07, 6.45) is 0. The van der Waals surface area contributed by atoms with Gasteiger partial charge < -0.3 is 35.0 Å². The number of aromatic nitrogens is 4. The van der Waals surface area contributed by atoms with Crippen LogP contribution in [0.2, 0.25) is 0 Å². The number of aryl methyl sites for hydroxylation is 2. The van der Waals surface area contributed by atoms with Crippen LogP contribution in [-0.4, -0.2) is 76.7 Å². The van der Waals surface area contributed by atoms with E-state index in [0.717, 1.165) is 0 Å². The molecule has 50 heavy (non-hydrogen) atoms. The maximum atomic E-state index is 11.5. The second-order valence-electron chi connectivity index (χ2n) is 9.85. The maximum Gasteiger partial charge on any atom is 0.339 e. The molecule has 0 fully saturated rings. The Morgan fingerprint density at radius 1 is 0.740 bits per heavy atom. The number of fused-ring (bicyclic) bond motifs is 2. The molecule has 16 nitrogen and oxygen atoms in total. The molecule has 0 aliphatic carbocycles. The van der Waals surface area contributed by atoms with Crippen molar-refractivity contribution < 1.29 is 38.5 Å². The van der Waals surface area contributed by atoms with E-state index in [1.807, 2.05) is 0 Å². The number of Topliss-reactive ketones (excluding diaryl/α,β-unsaturated/α-hetero) is 1. The first-order chi connectivity index (χ1) is 23.7. The van der Waals surface area contributed by atoms with Crippen LogP contribution in [-0.2, 0) is 14.2 Å². The van der Waals surface area contributed by atoms with Crippen LogP contribution >= 0.6 is 0 Å². The van der Waals surface area contributed by atoms with Crippen molar-refractivity contribution in [1.29, 1.82) is 5.26 Å². The molecule has 0 saturated carbocycles. The van der Waals surface area contributed by atoms with Crippen molar-refractivity contribution >= 4 is 51.2 Å². The fourth-order valence-electron chi connectivity index (χ4n) is 4.13. The smallest absolute Gasteiger partial charge is 0.339 e. The van der Waals surface area contributed by atoms with Crippen LogP contribution in [0.4, 0.5) is 5.69 Å². The molecule has 0 bridgehead atoms. The quantitative estimate of drug-likeness (QED) is 0.0897. The Morgan fingerprint density at radius 2 is 1.14 bits per heavy atom. The zero-order valence-electron chi connectivity index (χ0n) is 27.9. The Kier molecular flexibility index (Phi) is 14.6. The molecule has 0 aliphatic heterocycles. The number of nitrogens with two attached hydrogens (primary N) is 1. The van der Waals surface area contributed by atoms with Crippen molar-refractivity contribution in [3.8, 4) is 6.07 Å². The van der Waals surface area contributed by atoms with Gasteiger partial charge in [-0.25, -0.2) is 24.4 Å². The summed E-state index contributed by atoms with van der Waals surface area (Å²) in [6.45, 7) is 4.24. The molecule has 0 amide bonds. The van der Waals surface area contributed by atoms with Gasteiger partial charge in [-0.15, -0.1) is 0 Å². The van der Waals surface area contributed by atoms with Crippen LogP contribution in [0.3, 0.4) is 0 Å². The summed E-state index contributed by atoms with van der Waals surface area (Å²) in [5.41, 5.74) is 7.53. The lowest BCUT2D eigenvalue weighted by Crippen LogP contribution is -2.11. The van der Waals surface area contributed by atoms with Gasteiger partial charge in [0.1, 0.15) is 18.3 Å². The summed E-state index contributed by atoms with van der Waals surface area (Å²) in [5, 5.41) is 16.9. The van der Waals surface area contributed by atoms with E-state index in [1.54, 1.807) is 38.1 Å². The Hall–Kier alpha value is -6.73. The zero-order chi connectivity index (χ0) is 37.5. The number of aliphatic hydroxyl groups is 1. The fraction of sp³-hybridized carbons (Fsp3) is 0.206. The van der Waals surface area contributed by atoms with Gasteiger partial charge in [-0.2, -0.15) is 5.26 Å². The van der Waals surface area contributed by atoms with Crippen molar-refractivity contribution in [3.05, 3.63) is 109 Å². The lowest BCUT2D eigenvalue weighted by molar-refractivity contribution is 0.0587. The third-order valence-corrected chi connectivity index (χ3v) is 6.41. The van der Waals surface area contributed by atoms with Gasteiger partial charge >= 0.3 is 17.9 Å². The second kappa shape index (κ2) is 18.6. The molecule has 5 aromatic rings. The zero-order valence-corrected chi connectivity index (χ0v) is 27.9. The highest BCUT2D eigenvalue weighted by Gasteiger charge is 2.13. The SMILES string of the molecule is CC#N.COC(=O)c1ccc(C(=O)OC)c(N)c1.COC(=O)c1ccc2c(=O)[nH]c(C)nc2c1.Cc1nc2cc(C(=O)CO)ccc2c(=O)[nH]1. The van der Waals surface area contributed by atoms with Crippen LogP contribution in [0.1, 0.15) is 60.0 Å². The number of anilines is 1. The van der Waals surface area contributed by atoms with E-state index in [0.29, 0.717) is 50.1 Å². The number of esters is 3. The monoisotopic (exact) mass is 686 g/mol. The maximum absolute atomic E-state index is 11.5. The largest absolute Gasteiger partial charge is 0.465 e. The van der Waals surface area contributed by atoms with Crippen LogP contribution in [0.25, 0.3) is 21.8 Å². The van der Waals surface area contributed by atoms with Crippen molar-refractivity contribution in [1.82, 2.24) is 19.9 Å². The number of ether oxygens (including phenoxy) is 3. The molecule has 0 unspecified atom stereocenters. The van der Waals surface area contributed by atoms with Gasteiger partial charge in [0.05, 0.1) is 65.9 Å². The van der Waals surface area contributed by atoms with Crippen LogP contribution < -0.4 is 16.9 Å². The number of hydrogen-bond acceptors (Lipinski definition) is 14. The first-order valence-electron chi connectivity index (χ1n) is 14.4. The number of aliphatic hydroxyl groups excluding tert-OH is 1. The molecule has 2 aromatic heterocycles. The first kappa shape index (κ1) is 39.4. The van der Waals surface area contributed by atoms with Gasteiger partial charge in [0.15, 0.2) is 5.78 Å². The van der Waals surface area contributed by atoms with Gasteiger partial charge in [0, 0.05) is 18.2 Å². The molecule has 0 radical (unpaired) electrons. The number of nitrogen functional groups attached to an aromatic ring is 1. The van der Waals surface area contributed by atoms with Gasteiger partial charge in [-0.3, -0.25) is 14.4 Å². The van der Waals surface area contributed by atoms with Gasteiger partial charge in [0.2, 0.25) is 0 Å². The number of benzene rings is 3. The van der Waals surface area contributed by atoms with Crippen molar-refractivity contribution in [2.45, 2.75) is 20.8 Å². The molecule has 260 valence electrons. The molecule has 0 spiro atoms. The van der Waals surface area contributed by atoms with Gasteiger partial charge in [-0.05, 0) is 62.4 Å². The highest BCUT2D eigenvalue weighted by molar-refractivity contribution is 6.00. The minimum absolute atomic E-state index is 0.185. The number of aromatic amines is 2. The summed E-state index contributed by atoms with van der Waals surface area (Å²) in [6, 6.07) is 15.2. The summed E-state index contributed by atoms with van der Waals surface area (Å²) in [7, 11) is 3.84. The van der Waals surface area contributed by atoms with E-state index in [1.165, 1.54) is 64.7 Å². The molecule has 0 aliphatic rings. The van der Waals surface area contributed by atoms with Gasteiger partial charge in [-0.1, -0.05) is 6.07 Å². The topological polar surface area (TPSA) is 258 Å². The van der Waals surface area contributed by atoms with E-state index in [-0.39, 0.29) is 28.2 Å². The van der Waals surface area contributed by atoms with Crippen LogP contribution in [0.15, 0.2) is 64.2 Å². The van der Waals surface area contributed by atoms with Crippen molar-refractivity contribution in [2.75, 3.05) is 33.7 Å². The lowest BCUT2D eigenvalue weighted by atomic mass is 10.1. The number of rotatable bonds is 5. The fourth-order valence-corrected chi connectivity index (χ4v) is 4.13. The Morgan fingerprint density at radius 3 is 1.56 bits per heavy atom. The summed E-state index contributed by atoms with van der Waals surface area (Å²) >= 11 is 0. The molecule has 5 rings (SSSR count). The normalized spacial score (nSPS) is 9.72. The van der Waals surface area contributed by atoms with E-state index < -0.39 is 24.5 Å². The van der Waals surface area contributed by atoms with Gasteiger partial charge in [0.25, 0.3) is 11.1 Å². The average molecular weight is 687 g/mol. The van der Waals surface area contributed by atoms with E-state index in [4.69, 9.17) is 16.1 Å². The van der Waals surface area contributed by atoms with E-state index in [9.17, 15) is 28.8 Å². The number of nitrogens with zero attached hydrogens (tertiary/aromatic N) is 3. The minimum Gasteiger partial charge on any atom is -0.465 e. The number of nitrogens with one attached hydrogen (secondary N) is 2. The summed E-state index contributed by atoms with van der Waals surface area (Å²) in [5.74, 6) is -0.865. The highest BCUT2D eigenvalue weighted by atomic mass is 16.5. The summed E-state index contributed by atoms with van der Waals surface area (Å²) < 4.78 is 13.6. The lowest BCUT2D eigenvalue weighted by Gasteiger charge is -2.05. The molecular weight excluding hydrogens is 652 g/mol. The number of ketones is 1. The molecule has 16 heteroatoms. The van der Waals surface area contributed by atoms with Crippen molar-refractivity contribution in [2.24, 2.45) is 0 Å². The van der Waals surface area contributed by atoms with E-state index in [2.05, 4.69) is 34.1 Å². The molecule has 2 heterocycles. The Labute approximate surface area is 284 Å². The average Bonchev–Trinajstić information content (AvgIpc) is 3.10. The van der Waals surface area contributed by atoms with Crippen molar-refractivity contribution in [3.63, 3.8) is 0 Å². The highest BCUT2D eigenvalue weighted by Crippen LogP contribution is 2.16. The summed E-state index contributed by atoms with van der Waals surface area (Å²) in [4.78, 5) is 81.3. The first-order valence-corrected chi connectivity index (χ1v) is 14.4. The molecule has 0 atom stereocenters. The molecular formula is C34H34N6O10. The van der Waals surface area contributed by atoms with E-state index >= 15 is 0 Å². The number of carbonyl (C=O) groups excluding carboxylic acids is 4. The second-order valence-corrected chi connectivity index (χ2v) is 9.85. The molecule has 5 N–H and O–H groups in total. The molecule has 0 saturated heterocycles. The third kappa shape index (κ3) is 10.4. The van der Waals surface area contributed by atoms with Crippen LogP contribution in [0, 0.1) is 25.2 Å². The third-order valence-electron chi connectivity index (χ3n) is 6.41. The number of methoxy groups -OCH3 is 3. The number of carbonyl (C=O) groups is 4. The number of hydrogen-bond donors (Lipinski definition) is 4. The predicted molar refractivity (Wildman–Crippen MR) is 182 cm³/mol. The Balaban J connectivity index is 0.000000250. The van der Waals surface area contributed by atoms with Crippen LogP contribution in [0.5, 0.6) is 0 Å².